The fourth-order valence-corrected chi connectivity index (χ4v) is 3.06. The molecule has 2 aromatic rings. The summed E-state index contributed by atoms with van der Waals surface area (Å²) in [6, 6.07) is 11.1. The summed E-state index contributed by atoms with van der Waals surface area (Å²) in [4.78, 5) is 2.36. The first-order valence-corrected chi connectivity index (χ1v) is 8.56. The van der Waals surface area contributed by atoms with Crippen LogP contribution in [0.1, 0.15) is 30.5 Å². The zero-order valence-electron chi connectivity index (χ0n) is 13.3. The topological polar surface area (TPSA) is 15.3 Å². The fraction of sp³-hybridized carbons (Fsp3) is 0.444. The first kappa shape index (κ1) is 16.2. The predicted octanol–water partition coefficient (Wildman–Crippen LogP) is 4.13. The van der Waals surface area contributed by atoms with Gasteiger partial charge in [-0.3, -0.25) is 4.90 Å². The van der Waals surface area contributed by atoms with E-state index in [4.69, 9.17) is 0 Å². The van der Waals surface area contributed by atoms with Gasteiger partial charge in [-0.25, -0.2) is 0 Å². The van der Waals surface area contributed by atoms with Crippen LogP contribution in [0.5, 0.6) is 0 Å². The third kappa shape index (κ3) is 6.00. The standard InChI is InChI=1S/C18H26N2S/c1-15(2)10-19-11-16-5-4-6-17(9-16)12-20(3)13-18-7-8-21-14-18/h4-9,14-15,19H,10-13H2,1-3H3. The van der Waals surface area contributed by atoms with Crippen molar-refractivity contribution >= 4 is 11.3 Å². The van der Waals surface area contributed by atoms with Crippen molar-refractivity contribution in [3.8, 4) is 0 Å². The second-order valence-corrected chi connectivity index (χ2v) is 6.93. The summed E-state index contributed by atoms with van der Waals surface area (Å²) in [5.74, 6) is 0.699. The number of hydrogen-bond acceptors (Lipinski definition) is 3. The molecule has 0 bridgehead atoms. The van der Waals surface area contributed by atoms with E-state index in [1.54, 1.807) is 11.3 Å². The Bertz CT molecular complexity index is 520. The van der Waals surface area contributed by atoms with Crippen LogP contribution in [0.4, 0.5) is 0 Å². The molecule has 1 aromatic heterocycles. The van der Waals surface area contributed by atoms with Crippen molar-refractivity contribution in [3.05, 3.63) is 57.8 Å². The molecule has 0 aliphatic heterocycles. The van der Waals surface area contributed by atoms with Crippen LogP contribution in [0.3, 0.4) is 0 Å². The number of rotatable bonds is 8. The summed E-state index contributed by atoms with van der Waals surface area (Å²) in [5, 5.41) is 7.87. The zero-order valence-corrected chi connectivity index (χ0v) is 14.1. The number of nitrogens with one attached hydrogen (secondary N) is 1. The lowest BCUT2D eigenvalue weighted by atomic mass is 10.1. The third-order valence-electron chi connectivity index (χ3n) is 3.36. The Labute approximate surface area is 132 Å². The molecular weight excluding hydrogens is 276 g/mol. The van der Waals surface area contributed by atoms with Gasteiger partial charge >= 0.3 is 0 Å². The molecule has 0 fully saturated rings. The molecule has 114 valence electrons. The third-order valence-corrected chi connectivity index (χ3v) is 4.09. The summed E-state index contributed by atoms with van der Waals surface area (Å²) >= 11 is 1.77. The Morgan fingerprint density at radius 2 is 1.86 bits per heavy atom. The highest BCUT2D eigenvalue weighted by Crippen LogP contribution is 2.12. The highest BCUT2D eigenvalue weighted by molar-refractivity contribution is 7.07. The summed E-state index contributed by atoms with van der Waals surface area (Å²) in [5.41, 5.74) is 4.16. The lowest BCUT2D eigenvalue weighted by molar-refractivity contribution is 0.319. The van der Waals surface area contributed by atoms with Crippen LogP contribution >= 0.6 is 11.3 Å². The van der Waals surface area contributed by atoms with Gasteiger partial charge in [-0.1, -0.05) is 38.1 Å². The van der Waals surface area contributed by atoms with Crippen molar-refractivity contribution in [3.63, 3.8) is 0 Å². The molecule has 1 N–H and O–H groups in total. The molecule has 2 nitrogen and oxygen atoms in total. The summed E-state index contributed by atoms with van der Waals surface area (Å²) in [6.07, 6.45) is 0. The van der Waals surface area contributed by atoms with Crippen molar-refractivity contribution in [2.75, 3.05) is 13.6 Å². The van der Waals surface area contributed by atoms with Crippen LogP contribution in [0.2, 0.25) is 0 Å². The van der Waals surface area contributed by atoms with Crippen LogP contribution < -0.4 is 5.32 Å². The molecule has 0 saturated carbocycles. The van der Waals surface area contributed by atoms with E-state index in [1.165, 1.54) is 16.7 Å². The normalized spacial score (nSPS) is 11.5. The first-order valence-electron chi connectivity index (χ1n) is 7.61. The minimum Gasteiger partial charge on any atom is -0.312 e. The Morgan fingerprint density at radius 3 is 2.57 bits per heavy atom. The SMILES string of the molecule is CC(C)CNCc1cccc(CN(C)Cc2ccsc2)c1. The predicted molar refractivity (Wildman–Crippen MR) is 92.5 cm³/mol. The van der Waals surface area contributed by atoms with E-state index in [0.717, 1.165) is 26.2 Å². The van der Waals surface area contributed by atoms with E-state index < -0.39 is 0 Å². The molecule has 0 aliphatic rings. The maximum atomic E-state index is 3.51. The van der Waals surface area contributed by atoms with Crippen LogP contribution in [-0.2, 0) is 19.6 Å². The minimum absolute atomic E-state index is 0.699. The Balaban J connectivity index is 1.85. The van der Waals surface area contributed by atoms with Gasteiger partial charge in [-0.15, -0.1) is 0 Å². The molecule has 0 aliphatic carbocycles. The van der Waals surface area contributed by atoms with Gasteiger partial charge in [-0.2, -0.15) is 11.3 Å². The molecule has 0 spiro atoms. The smallest absolute Gasteiger partial charge is 0.0242 e. The van der Waals surface area contributed by atoms with Crippen molar-refractivity contribution in [1.29, 1.82) is 0 Å². The molecule has 0 saturated heterocycles. The maximum Gasteiger partial charge on any atom is 0.0242 e. The Hall–Kier alpha value is -1.16. The quantitative estimate of drug-likeness (QED) is 0.789. The average molecular weight is 302 g/mol. The van der Waals surface area contributed by atoms with Gasteiger partial charge in [0.1, 0.15) is 0 Å². The van der Waals surface area contributed by atoms with Crippen molar-refractivity contribution < 1.29 is 0 Å². The molecule has 0 amide bonds. The Morgan fingerprint density at radius 1 is 1.10 bits per heavy atom. The van der Waals surface area contributed by atoms with Crippen molar-refractivity contribution in [2.45, 2.75) is 33.5 Å². The van der Waals surface area contributed by atoms with Crippen LogP contribution in [0.25, 0.3) is 0 Å². The fourth-order valence-electron chi connectivity index (χ4n) is 2.41. The van der Waals surface area contributed by atoms with Gasteiger partial charge in [0.25, 0.3) is 0 Å². The van der Waals surface area contributed by atoms with Gasteiger partial charge in [0, 0.05) is 19.6 Å². The maximum absolute atomic E-state index is 3.51. The molecule has 1 heterocycles. The van der Waals surface area contributed by atoms with Gasteiger partial charge < -0.3 is 5.32 Å². The molecule has 0 unspecified atom stereocenters. The monoisotopic (exact) mass is 302 g/mol. The second kappa shape index (κ2) is 8.32. The molecular formula is C18H26N2S. The summed E-state index contributed by atoms with van der Waals surface area (Å²) < 4.78 is 0. The van der Waals surface area contributed by atoms with E-state index >= 15 is 0 Å². The first-order chi connectivity index (χ1) is 10.1. The van der Waals surface area contributed by atoms with E-state index in [-0.39, 0.29) is 0 Å². The highest BCUT2D eigenvalue weighted by Gasteiger charge is 2.03. The number of hydrogen-bond donors (Lipinski definition) is 1. The summed E-state index contributed by atoms with van der Waals surface area (Å²) in [6.45, 7) is 8.52. The van der Waals surface area contributed by atoms with Crippen molar-refractivity contribution in [2.24, 2.45) is 5.92 Å². The number of benzene rings is 1. The lowest BCUT2D eigenvalue weighted by Crippen LogP contribution is -2.19. The molecule has 3 heteroatoms. The second-order valence-electron chi connectivity index (χ2n) is 6.15. The van der Waals surface area contributed by atoms with Crippen LogP contribution in [0, 0.1) is 5.92 Å². The molecule has 2 rings (SSSR count). The zero-order chi connectivity index (χ0) is 15.1. The largest absolute Gasteiger partial charge is 0.312 e. The molecule has 0 atom stereocenters. The molecule has 0 radical (unpaired) electrons. The molecule has 21 heavy (non-hydrogen) atoms. The minimum atomic E-state index is 0.699. The van der Waals surface area contributed by atoms with E-state index in [1.807, 2.05) is 0 Å². The number of thiophene rings is 1. The van der Waals surface area contributed by atoms with E-state index in [2.05, 4.69) is 72.2 Å². The number of nitrogens with zero attached hydrogens (tertiary/aromatic N) is 1. The van der Waals surface area contributed by atoms with Gasteiger partial charge in [-0.05, 0) is 53.0 Å². The van der Waals surface area contributed by atoms with Gasteiger partial charge in [0.05, 0.1) is 0 Å². The van der Waals surface area contributed by atoms with Crippen molar-refractivity contribution in [1.82, 2.24) is 10.2 Å². The van der Waals surface area contributed by atoms with E-state index in [9.17, 15) is 0 Å². The lowest BCUT2D eigenvalue weighted by Gasteiger charge is -2.16. The van der Waals surface area contributed by atoms with Gasteiger partial charge in [0.2, 0.25) is 0 Å². The molecule has 1 aromatic carbocycles. The van der Waals surface area contributed by atoms with Gasteiger partial charge in [0.15, 0.2) is 0 Å². The summed E-state index contributed by atoms with van der Waals surface area (Å²) in [7, 11) is 2.18. The van der Waals surface area contributed by atoms with Crippen LogP contribution in [0.15, 0.2) is 41.1 Å². The van der Waals surface area contributed by atoms with E-state index in [0.29, 0.717) is 5.92 Å². The Kier molecular flexibility index (Phi) is 6.43. The highest BCUT2D eigenvalue weighted by atomic mass is 32.1. The van der Waals surface area contributed by atoms with Crippen LogP contribution in [-0.4, -0.2) is 18.5 Å². The average Bonchev–Trinajstić information content (AvgIpc) is 2.91.